The average Bonchev–Trinajstić information content (AvgIpc) is 2.48. The number of carbonyl (C=O) groups is 1. The first-order valence-electron chi connectivity index (χ1n) is 6.03. The van der Waals surface area contributed by atoms with Crippen LogP contribution < -0.4 is 10.2 Å². The summed E-state index contributed by atoms with van der Waals surface area (Å²) in [5, 5.41) is 4.49. The Hall–Kier alpha value is -1.85. The van der Waals surface area contributed by atoms with Crippen molar-refractivity contribution in [3.8, 4) is 5.75 Å². The van der Waals surface area contributed by atoms with Crippen molar-refractivity contribution in [2.45, 2.75) is 0 Å². The second-order valence-electron chi connectivity index (χ2n) is 4.07. The first-order chi connectivity index (χ1) is 10.1. The van der Waals surface area contributed by atoms with Crippen LogP contribution in [-0.2, 0) is 0 Å². The summed E-state index contributed by atoms with van der Waals surface area (Å²) < 4.78 is 5.90. The molecule has 0 bridgehead atoms. The van der Waals surface area contributed by atoms with Crippen LogP contribution in [-0.4, -0.2) is 19.2 Å². The van der Waals surface area contributed by atoms with Gasteiger partial charge in [0.2, 0.25) is 0 Å². The number of nitrogens with one attached hydrogen (secondary N) is 1. The highest BCUT2D eigenvalue weighted by Crippen LogP contribution is 2.20. The minimum absolute atomic E-state index is 0.306. The molecule has 0 unspecified atom stereocenters. The molecule has 0 radical (unpaired) electrons. The lowest BCUT2D eigenvalue weighted by molar-refractivity contribution is 0.0954. The first-order valence-corrected chi connectivity index (χ1v) is 7.20. The Morgan fingerprint density at radius 1 is 1.33 bits per heavy atom. The summed E-state index contributed by atoms with van der Waals surface area (Å²) in [6, 6.07) is 12.3. The minimum atomic E-state index is -0.306. The van der Waals surface area contributed by atoms with Crippen LogP contribution in [0.3, 0.4) is 0 Å². The molecule has 0 aliphatic carbocycles. The van der Waals surface area contributed by atoms with Crippen LogP contribution in [0.4, 0.5) is 0 Å². The highest BCUT2D eigenvalue weighted by atomic mass is 79.9. The minimum Gasteiger partial charge on any atom is -0.496 e. The summed E-state index contributed by atoms with van der Waals surface area (Å²) in [5.41, 5.74) is 3.65. The molecule has 2 rings (SSSR count). The molecule has 6 heteroatoms. The molecule has 0 atom stereocenters. The van der Waals surface area contributed by atoms with Crippen LogP contribution in [0.25, 0.3) is 0 Å². The number of amides is 1. The lowest BCUT2D eigenvalue weighted by Crippen LogP contribution is -2.18. The number of ether oxygens (including phenoxy) is 1. The van der Waals surface area contributed by atoms with E-state index in [0.29, 0.717) is 26.4 Å². The SMILES string of the molecule is COc1ccc(Cl)cc1/C=N\NC(=O)c1ccccc1Br. The second-order valence-corrected chi connectivity index (χ2v) is 5.36. The molecule has 108 valence electrons. The largest absolute Gasteiger partial charge is 0.496 e. The zero-order chi connectivity index (χ0) is 15.2. The Kier molecular flexibility index (Phi) is 5.36. The van der Waals surface area contributed by atoms with Crippen molar-refractivity contribution < 1.29 is 9.53 Å². The number of hydrogen-bond donors (Lipinski definition) is 1. The molecule has 0 fully saturated rings. The highest BCUT2D eigenvalue weighted by molar-refractivity contribution is 9.10. The van der Waals surface area contributed by atoms with Crippen LogP contribution >= 0.6 is 27.5 Å². The van der Waals surface area contributed by atoms with Crippen LogP contribution in [0, 0.1) is 0 Å². The van der Waals surface area contributed by atoms with Gasteiger partial charge in [-0.25, -0.2) is 5.43 Å². The monoisotopic (exact) mass is 366 g/mol. The Bertz CT molecular complexity index is 689. The molecule has 1 N–H and O–H groups in total. The van der Waals surface area contributed by atoms with Crippen LogP contribution in [0.1, 0.15) is 15.9 Å². The maximum absolute atomic E-state index is 12.0. The normalized spacial score (nSPS) is 10.6. The van der Waals surface area contributed by atoms with E-state index in [4.69, 9.17) is 16.3 Å². The molecule has 2 aromatic rings. The van der Waals surface area contributed by atoms with Gasteiger partial charge in [0.1, 0.15) is 5.75 Å². The molecule has 21 heavy (non-hydrogen) atoms. The summed E-state index contributed by atoms with van der Waals surface area (Å²) in [4.78, 5) is 12.0. The van der Waals surface area contributed by atoms with Gasteiger partial charge in [-0.2, -0.15) is 5.10 Å². The van der Waals surface area contributed by atoms with Gasteiger partial charge < -0.3 is 4.74 Å². The van der Waals surface area contributed by atoms with E-state index in [0.717, 1.165) is 0 Å². The van der Waals surface area contributed by atoms with Crippen molar-refractivity contribution in [1.29, 1.82) is 0 Å². The maximum atomic E-state index is 12.0. The molecular formula is C15H12BrClN2O2. The second kappa shape index (κ2) is 7.24. The van der Waals surface area contributed by atoms with Crippen LogP contribution in [0.5, 0.6) is 5.75 Å². The fraction of sp³-hybridized carbons (Fsp3) is 0.0667. The van der Waals surface area contributed by atoms with E-state index in [1.54, 1.807) is 43.5 Å². The van der Waals surface area contributed by atoms with E-state index in [1.807, 2.05) is 6.07 Å². The van der Waals surface area contributed by atoms with E-state index in [2.05, 4.69) is 26.5 Å². The van der Waals surface area contributed by atoms with Gasteiger partial charge >= 0.3 is 0 Å². The topological polar surface area (TPSA) is 50.7 Å². The van der Waals surface area contributed by atoms with Crippen LogP contribution in [0.2, 0.25) is 5.02 Å². The number of halogens is 2. The zero-order valence-electron chi connectivity index (χ0n) is 11.1. The van der Waals surface area contributed by atoms with Crippen molar-refractivity contribution in [2.24, 2.45) is 5.10 Å². The smallest absolute Gasteiger partial charge is 0.272 e. The Balaban J connectivity index is 2.11. The first kappa shape index (κ1) is 15.5. The highest BCUT2D eigenvalue weighted by Gasteiger charge is 2.07. The van der Waals surface area contributed by atoms with Crippen LogP contribution in [0.15, 0.2) is 52.0 Å². The molecule has 0 aliphatic heterocycles. The quantitative estimate of drug-likeness (QED) is 0.659. The molecule has 0 saturated carbocycles. The molecule has 0 saturated heterocycles. The number of hydrazone groups is 1. The molecule has 2 aromatic carbocycles. The van der Waals surface area contributed by atoms with E-state index in [9.17, 15) is 4.79 Å². The standard InChI is InChI=1S/C15H12BrClN2O2/c1-21-14-7-6-11(17)8-10(14)9-18-19-15(20)12-4-2-3-5-13(12)16/h2-9H,1H3,(H,19,20)/b18-9-. The van der Waals surface area contributed by atoms with Gasteiger partial charge in [0.05, 0.1) is 18.9 Å². The Morgan fingerprint density at radius 3 is 2.81 bits per heavy atom. The molecule has 0 aromatic heterocycles. The van der Waals surface area contributed by atoms with E-state index < -0.39 is 0 Å². The van der Waals surface area contributed by atoms with Gasteiger partial charge in [0.25, 0.3) is 5.91 Å². The van der Waals surface area contributed by atoms with E-state index in [1.165, 1.54) is 6.21 Å². The molecular weight excluding hydrogens is 356 g/mol. The summed E-state index contributed by atoms with van der Waals surface area (Å²) in [6.07, 6.45) is 1.49. The molecule has 0 spiro atoms. The number of hydrogen-bond acceptors (Lipinski definition) is 3. The predicted molar refractivity (Wildman–Crippen MR) is 87.2 cm³/mol. The maximum Gasteiger partial charge on any atom is 0.272 e. The molecule has 0 heterocycles. The van der Waals surface area contributed by atoms with Gasteiger partial charge in [0.15, 0.2) is 0 Å². The number of rotatable bonds is 4. The van der Waals surface area contributed by atoms with Crippen molar-refractivity contribution >= 4 is 39.7 Å². The molecule has 0 aliphatic rings. The van der Waals surface area contributed by atoms with Crippen molar-refractivity contribution in [3.63, 3.8) is 0 Å². The third-order valence-electron chi connectivity index (χ3n) is 2.68. The Morgan fingerprint density at radius 2 is 2.10 bits per heavy atom. The predicted octanol–water partition coefficient (Wildman–Crippen LogP) is 3.88. The number of nitrogens with zero attached hydrogens (tertiary/aromatic N) is 1. The summed E-state index contributed by atoms with van der Waals surface area (Å²) in [6.45, 7) is 0. The zero-order valence-corrected chi connectivity index (χ0v) is 13.5. The number of benzene rings is 2. The van der Waals surface area contributed by atoms with E-state index in [-0.39, 0.29) is 5.91 Å². The van der Waals surface area contributed by atoms with Gasteiger partial charge in [-0.15, -0.1) is 0 Å². The van der Waals surface area contributed by atoms with Gasteiger partial charge in [-0.1, -0.05) is 23.7 Å². The number of methoxy groups -OCH3 is 1. The lowest BCUT2D eigenvalue weighted by Gasteiger charge is -2.05. The fourth-order valence-electron chi connectivity index (χ4n) is 1.67. The van der Waals surface area contributed by atoms with Crippen molar-refractivity contribution in [2.75, 3.05) is 7.11 Å². The van der Waals surface area contributed by atoms with Crippen molar-refractivity contribution in [1.82, 2.24) is 5.43 Å². The summed E-state index contributed by atoms with van der Waals surface area (Å²) in [7, 11) is 1.56. The fourth-order valence-corrected chi connectivity index (χ4v) is 2.32. The number of carbonyl (C=O) groups excluding carboxylic acids is 1. The van der Waals surface area contributed by atoms with Crippen molar-refractivity contribution in [3.05, 3.63) is 63.1 Å². The molecule has 1 amide bonds. The third kappa shape index (κ3) is 4.06. The average molecular weight is 368 g/mol. The Labute approximate surface area is 135 Å². The summed E-state index contributed by atoms with van der Waals surface area (Å²) in [5.74, 6) is 0.318. The summed E-state index contributed by atoms with van der Waals surface area (Å²) >= 11 is 9.24. The van der Waals surface area contributed by atoms with E-state index >= 15 is 0 Å². The van der Waals surface area contributed by atoms with Gasteiger partial charge in [-0.3, -0.25) is 4.79 Å². The van der Waals surface area contributed by atoms with Gasteiger partial charge in [-0.05, 0) is 46.3 Å². The molecule has 4 nitrogen and oxygen atoms in total. The lowest BCUT2D eigenvalue weighted by atomic mass is 10.2. The third-order valence-corrected chi connectivity index (χ3v) is 3.61. The van der Waals surface area contributed by atoms with Gasteiger partial charge in [0, 0.05) is 15.1 Å².